The summed E-state index contributed by atoms with van der Waals surface area (Å²) in [6.07, 6.45) is 4.32. The van der Waals surface area contributed by atoms with E-state index in [1.807, 2.05) is 0 Å². The SMILES string of the molecule is CC(NCC1CCC(O)C1)C1CCOC1. The van der Waals surface area contributed by atoms with Gasteiger partial charge in [-0.1, -0.05) is 0 Å². The molecule has 0 bridgehead atoms. The van der Waals surface area contributed by atoms with Crippen molar-refractivity contribution in [1.29, 1.82) is 0 Å². The summed E-state index contributed by atoms with van der Waals surface area (Å²) < 4.78 is 5.39. The molecule has 1 heterocycles. The highest BCUT2D eigenvalue weighted by Crippen LogP contribution is 2.25. The van der Waals surface area contributed by atoms with Crippen molar-refractivity contribution in [2.45, 2.75) is 44.8 Å². The smallest absolute Gasteiger partial charge is 0.0543 e. The quantitative estimate of drug-likeness (QED) is 0.736. The third-order valence-corrected chi connectivity index (χ3v) is 3.91. The van der Waals surface area contributed by atoms with E-state index in [2.05, 4.69) is 12.2 Å². The minimum absolute atomic E-state index is 0.0399. The van der Waals surface area contributed by atoms with Gasteiger partial charge in [0.15, 0.2) is 0 Å². The summed E-state index contributed by atoms with van der Waals surface area (Å²) in [4.78, 5) is 0. The summed E-state index contributed by atoms with van der Waals surface area (Å²) in [6.45, 7) is 5.17. The molecule has 2 rings (SSSR count). The maximum absolute atomic E-state index is 9.43. The maximum Gasteiger partial charge on any atom is 0.0543 e. The van der Waals surface area contributed by atoms with Crippen molar-refractivity contribution >= 4 is 0 Å². The number of hydrogen-bond acceptors (Lipinski definition) is 3. The van der Waals surface area contributed by atoms with Crippen LogP contribution in [0, 0.1) is 11.8 Å². The lowest BCUT2D eigenvalue weighted by atomic mass is 9.99. The molecule has 88 valence electrons. The zero-order valence-electron chi connectivity index (χ0n) is 9.61. The van der Waals surface area contributed by atoms with Crippen molar-refractivity contribution in [3.05, 3.63) is 0 Å². The van der Waals surface area contributed by atoms with Crippen LogP contribution in [0.1, 0.15) is 32.6 Å². The van der Waals surface area contributed by atoms with Crippen LogP contribution >= 0.6 is 0 Å². The summed E-state index contributed by atoms with van der Waals surface area (Å²) in [5.41, 5.74) is 0. The van der Waals surface area contributed by atoms with Crippen LogP contribution in [-0.2, 0) is 4.74 Å². The first-order chi connectivity index (χ1) is 7.25. The number of aliphatic hydroxyl groups excluding tert-OH is 1. The molecule has 3 nitrogen and oxygen atoms in total. The first-order valence-corrected chi connectivity index (χ1v) is 6.25. The summed E-state index contributed by atoms with van der Waals surface area (Å²) in [6, 6.07) is 0.560. The Kier molecular flexibility index (Phi) is 4.00. The van der Waals surface area contributed by atoms with Crippen molar-refractivity contribution in [3.63, 3.8) is 0 Å². The fourth-order valence-corrected chi connectivity index (χ4v) is 2.70. The van der Waals surface area contributed by atoms with Crippen molar-refractivity contribution < 1.29 is 9.84 Å². The highest BCUT2D eigenvalue weighted by Gasteiger charge is 2.25. The Bertz CT molecular complexity index is 192. The van der Waals surface area contributed by atoms with Crippen molar-refractivity contribution in [2.24, 2.45) is 11.8 Å². The molecule has 2 N–H and O–H groups in total. The van der Waals surface area contributed by atoms with E-state index in [4.69, 9.17) is 4.74 Å². The van der Waals surface area contributed by atoms with Gasteiger partial charge >= 0.3 is 0 Å². The van der Waals surface area contributed by atoms with Gasteiger partial charge in [-0.2, -0.15) is 0 Å². The van der Waals surface area contributed by atoms with Crippen LogP contribution in [0.5, 0.6) is 0 Å². The third kappa shape index (κ3) is 3.16. The molecule has 0 aromatic carbocycles. The van der Waals surface area contributed by atoms with Crippen molar-refractivity contribution in [1.82, 2.24) is 5.32 Å². The van der Waals surface area contributed by atoms with E-state index in [-0.39, 0.29) is 6.10 Å². The van der Waals surface area contributed by atoms with Gasteiger partial charge in [0.1, 0.15) is 0 Å². The topological polar surface area (TPSA) is 41.5 Å². The number of hydrogen-bond donors (Lipinski definition) is 2. The Morgan fingerprint density at radius 1 is 1.40 bits per heavy atom. The standard InChI is InChI=1S/C12H23NO2/c1-9(11-4-5-15-8-11)13-7-10-2-3-12(14)6-10/h9-14H,2-8H2,1H3. The molecule has 0 amide bonds. The van der Waals surface area contributed by atoms with Crippen molar-refractivity contribution in [3.8, 4) is 0 Å². The highest BCUT2D eigenvalue weighted by atomic mass is 16.5. The molecular formula is C12H23NO2. The second-order valence-corrected chi connectivity index (χ2v) is 5.15. The largest absolute Gasteiger partial charge is 0.393 e. The molecule has 4 atom stereocenters. The molecular weight excluding hydrogens is 190 g/mol. The normalized spacial score (nSPS) is 38.4. The molecule has 0 aromatic heterocycles. The number of nitrogens with one attached hydrogen (secondary N) is 1. The second-order valence-electron chi connectivity index (χ2n) is 5.15. The van der Waals surface area contributed by atoms with Gasteiger partial charge in [-0.15, -0.1) is 0 Å². The van der Waals surface area contributed by atoms with Crippen LogP contribution in [0.2, 0.25) is 0 Å². The van der Waals surface area contributed by atoms with Gasteiger partial charge in [0, 0.05) is 12.6 Å². The Morgan fingerprint density at radius 2 is 2.27 bits per heavy atom. The summed E-state index contributed by atoms with van der Waals surface area (Å²) in [7, 11) is 0. The van der Waals surface area contributed by atoms with Gasteiger partial charge < -0.3 is 15.2 Å². The van der Waals surface area contributed by atoms with E-state index in [0.717, 1.165) is 32.6 Å². The van der Waals surface area contributed by atoms with Crippen molar-refractivity contribution in [2.75, 3.05) is 19.8 Å². The van der Waals surface area contributed by atoms with Gasteiger partial charge in [0.25, 0.3) is 0 Å². The van der Waals surface area contributed by atoms with Crippen LogP contribution in [0.3, 0.4) is 0 Å². The van der Waals surface area contributed by atoms with Crippen LogP contribution in [0.25, 0.3) is 0 Å². The molecule has 1 saturated heterocycles. The molecule has 1 aliphatic carbocycles. The molecule has 15 heavy (non-hydrogen) atoms. The molecule has 1 aliphatic heterocycles. The number of rotatable bonds is 4. The Morgan fingerprint density at radius 3 is 2.87 bits per heavy atom. The fourth-order valence-electron chi connectivity index (χ4n) is 2.70. The summed E-state index contributed by atoms with van der Waals surface area (Å²) in [5.74, 6) is 1.38. The molecule has 3 heteroatoms. The molecule has 2 fully saturated rings. The first-order valence-electron chi connectivity index (χ1n) is 6.25. The summed E-state index contributed by atoms with van der Waals surface area (Å²) in [5, 5.41) is 13.0. The van der Waals surface area contributed by atoms with Crippen LogP contribution in [0.4, 0.5) is 0 Å². The molecule has 0 spiro atoms. The lowest BCUT2D eigenvalue weighted by Gasteiger charge is -2.21. The first kappa shape index (κ1) is 11.4. The Hall–Kier alpha value is -0.120. The second kappa shape index (κ2) is 5.28. The zero-order valence-corrected chi connectivity index (χ0v) is 9.61. The lowest BCUT2D eigenvalue weighted by Crippen LogP contribution is -2.36. The maximum atomic E-state index is 9.43. The average Bonchev–Trinajstić information content (AvgIpc) is 2.84. The molecule has 1 saturated carbocycles. The van der Waals surface area contributed by atoms with Gasteiger partial charge in [0.2, 0.25) is 0 Å². The molecule has 4 unspecified atom stereocenters. The van der Waals surface area contributed by atoms with E-state index < -0.39 is 0 Å². The predicted molar refractivity (Wildman–Crippen MR) is 59.7 cm³/mol. The predicted octanol–water partition coefficient (Wildman–Crippen LogP) is 1.16. The third-order valence-electron chi connectivity index (χ3n) is 3.91. The van der Waals surface area contributed by atoms with Gasteiger partial charge in [-0.25, -0.2) is 0 Å². The minimum Gasteiger partial charge on any atom is -0.393 e. The van der Waals surface area contributed by atoms with Crippen LogP contribution in [-0.4, -0.2) is 37.0 Å². The van der Waals surface area contributed by atoms with Gasteiger partial charge in [0.05, 0.1) is 12.7 Å². The number of aliphatic hydroxyl groups is 1. The average molecular weight is 213 g/mol. The van der Waals surface area contributed by atoms with E-state index >= 15 is 0 Å². The zero-order chi connectivity index (χ0) is 10.7. The van der Waals surface area contributed by atoms with E-state index in [1.165, 1.54) is 12.8 Å². The van der Waals surface area contributed by atoms with Gasteiger partial charge in [-0.05, 0) is 51.0 Å². The van der Waals surface area contributed by atoms with Gasteiger partial charge in [-0.3, -0.25) is 0 Å². The van der Waals surface area contributed by atoms with E-state index in [9.17, 15) is 5.11 Å². The highest BCUT2D eigenvalue weighted by molar-refractivity contribution is 4.80. The molecule has 0 aromatic rings. The molecule has 0 radical (unpaired) electrons. The lowest BCUT2D eigenvalue weighted by molar-refractivity contribution is 0.172. The Balaban J connectivity index is 1.64. The number of ether oxygens (including phenoxy) is 1. The Labute approximate surface area is 92.2 Å². The fraction of sp³-hybridized carbons (Fsp3) is 1.00. The van der Waals surface area contributed by atoms with Crippen LogP contribution in [0.15, 0.2) is 0 Å². The molecule has 2 aliphatic rings. The minimum atomic E-state index is -0.0399. The van der Waals surface area contributed by atoms with E-state index in [1.54, 1.807) is 0 Å². The van der Waals surface area contributed by atoms with E-state index in [0.29, 0.717) is 17.9 Å². The van der Waals surface area contributed by atoms with Crippen LogP contribution < -0.4 is 5.32 Å². The summed E-state index contributed by atoms with van der Waals surface area (Å²) >= 11 is 0. The monoisotopic (exact) mass is 213 g/mol.